The summed E-state index contributed by atoms with van der Waals surface area (Å²) in [6.07, 6.45) is 1.49. The lowest BCUT2D eigenvalue weighted by molar-refractivity contribution is -0.106. The Morgan fingerprint density at radius 1 is 1.54 bits per heavy atom. The van der Waals surface area contributed by atoms with Crippen LogP contribution in [-0.4, -0.2) is 33.6 Å². The second-order valence-corrected chi connectivity index (χ2v) is 4.57. The molecule has 3 heteroatoms. The Bertz CT molecular complexity index is 168. The predicted octanol–water partition coefficient (Wildman–Crippen LogP) is 0.527. The van der Waals surface area contributed by atoms with Crippen molar-refractivity contribution in [2.45, 2.75) is 44.8 Å². The maximum absolute atomic E-state index is 9.70. The maximum Gasteiger partial charge on any atom is 0.0877 e. The lowest BCUT2D eigenvalue weighted by Crippen LogP contribution is -2.45. The summed E-state index contributed by atoms with van der Waals surface area (Å²) < 4.78 is 0. The van der Waals surface area contributed by atoms with Crippen molar-refractivity contribution >= 4 is 0 Å². The van der Waals surface area contributed by atoms with Gasteiger partial charge >= 0.3 is 0 Å². The van der Waals surface area contributed by atoms with Crippen LogP contribution < -0.4 is 0 Å². The average molecular weight is 188 g/mol. The Morgan fingerprint density at radius 2 is 2.15 bits per heavy atom. The minimum Gasteiger partial charge on any atom is -0.396 e. The molecule has 0 aliphatic heterocycles. The largest absolute Gasteiger partial charge is 0.396 e. The molecule has 0 aromatic heterocycles. The van der Waals surface area contributed by atoms with Gasteiger partial charge in [-0.2, -0.15) is 0 Å². The zero-order valence-corrected chi connectivity index (χ0v) is 8.40. The summed E-state index contributed by atoms with van der Waals surface area (Å²) in [4.78, 5) is 0. The Hall–Kier alpha value is -0.120. The van der Waals surface area contributed by atoms with E-state index in [-0.39, 0.29) is 12.5 Å². The van der Waals surface area contributed by atoms with Crippen molar-refractivity contribution < 1.29 is 15.3 Å². The summed E-state index contributed by atoms with van der Waals surface area (Å²) in [6.45, 7) is 3.83. The molecule has 13 heavy (non-hydrogen) atoms. The van der Waals surface area contributed by atoms with Crippen LogP contribution in [0.15, 0.2) is 0 Å². The molecule has 0 heterocycles. The minimum atomic E-state index is -0.925. The average Bonchev–Trinajstić information content (AvgIpc) is 2.08. The van der Waals surface area contributed by atoms with Gasteiger partial charge in [0.15, 0.2) is 0 Å². The quantitative estimate of drug-likeness (QED) is 0.592. The van der Waals surface area contributed by atoms with Gasteiger partial charge in [-0.1, -0.05) is 6.92 Å². The lowest BCUT2D eigenvalue weighted by atomic mass is 9.73. The van der Waals surface area contributed by atoms with Crippen molar-refractivity contribution in [2.24, 2.45) is 11.8 Å². The van der Waals surface area contributed by atoms with Crippen molar-refractivity contribution in [1.29, 1.82) is 0 Å². The van der Waals surface area contributed by atoms with Crippen LogP contribution in [0.25, 0.3) is 0 Å². The van der Waals surface area contributed by atoms with Gasteiger partial charge in [-0.15, -0.1) is 0 Å². The molecule has 0 bridgehead atoms. The highest BCUT2D eigenvalue weighted by atomic mass is 16.3. The Balaban J connectivity index is 2.51. The monoisotopic (exact) mass is 188 g/mol. The molecule has 0 aromatic carbocycles. The van der Waals surface area contributed by atoms with E-state index < -0.39 is 11.7 Å². The van der Waals surface area contributed by atoms with Gasteiger partial charge in [-0.3, -0.25) is 0 Å². The predicted molar refractivity (Wildman–Crippen MR) is 50.2 cm³/mol. The van der Waals surface area contributed by atoms with E-state index in [9.17, 15) is 10.2 Å². The van der Waals surface area contributed by atoms with E-state index in [1.54, 1.807) is 6.92 Å². The first-order valence-corrected chi connectivity index (χ1v) is 4.98. The lowest BCUT2D eigenvalue weighted by Gasteiger charge is -2.39. The number of hydrogen-bond donors (Lipinski definition) is 3. The third-order valence-corrected chi connectivity index (χ3v) is 3.36. The standard InChI is InChI=1S/C10H20O3/c1-7(6-11)8-3-4-10(2,13)9(12)5-8/h7-9,11-13H,3-6H2,1-2H3/t7-,8+,9-,10-/m0/s1. The van der Waals surface area contributed by atoms with Crippen molar-refractivity contribution in [2.75, 3.05) is 6.61 Å². The Morgan fingerprint density at radius 3 is 2.62 bits per heavy atom. The summed E-state index contributed by atoms with van der Waals surface area (Å²) >= 11 is 0. The molecule has 4 atom stereocenters. The van der Waals surface area contributed by atoms with Crippen molar-refractivity contribution in [3.63, 3.8) is 0 Å². The molecule has 0 spiro atoms. The molecule has 1 aliphatic rings. The van der Waals surface area contributed by atoms with Crippen LogP contribution in [-0.2, 0) is 0 Å². The van der Waals surface area contributed by atoms with Crippen LogP contribution in [0.1, 0.15) is 33.1 Å². The van der Waals surface area contributed by atoms with Gasteiger partial charge in [0.25, 0.3) is 0 Å². The van der Waals surface area contributed by atoms with Gasteiger partial charge in [0.1, 0.15) is 0 Å². The van der Waals surface area contributed by atoms with Crippen LogP contribution in [0.5, 0.6) is 0 Å². The van der Waals surface area contributed by atoms with Crippen LogP contribution in [0, 0.1) is 11.8 Å². The third-order valence-electron chi connectivity index (χ3n) is 3.36. The molecule has 0 saturated heterocycles. The van der Waals surface area contributed by atoms with Crippen LogP contribution in [0.4, 0.5) is 0 Å². The van der Waals surface area contributed by atoms with Crippen LogP contribution in [0.2, 0.25) is 0 Å². The summed E-state index contributed by atoms with van der Waals surface area (Å²) in [7, 11) is 0. The summed E-state index contributed by atoms with van der Waals surface area (Å²) in [5, 5.41) is 28.3. The SMILES string of the molecule is C[C@@H](CO)[C@@H]1CC[C@](C)(O)[C@@H](O)C1. The summed E-state index contributed by atoms with van der Waals surface area (Å²) in [5.41, 5.74) is -0.925. The first kappa shape index (κ1) is 11.0. The normalized spacial score (nSPS) is 43.2. The van der Waals surface area contributed by atoms with E-state index in [1.165, 1.54) is 0 Å². The fourth-order valence-corrected chi connectivity index (χ4v) is 1.97. The molecule has 0 unspecified atom stereocenters. The van der Waals surface area contributed by atoms with Crippen molar-refractivity contribution in [1.82, 2.24) is 0 Å². The molecule has 0 aromatic rings. The summed E-state index contributed by atoms with van der Waals surface area (Å²) in [5.74, 6) is 0.575. The highest BCUT2D eigenvalue weighted by Crippen LogP contribution is 2.35. The second kappa shape index (κ2) is 3.95. The smallest absolute Gasteiger partial charge is 0.0877 e. The van der Waals surface area contributed by atoms with E-state index >= 15 is 0 Å². The van der Waals surface area contributed by atoms with Crippen molar-refractivity contribution in [3.05, 3.63) is 0 Å². The number of rotatable bonds is 2. The third kappa shape index (κ3) is 2.42. The van der Waals surface area contributed by atoms with Crippen LogP contribution in [0.3, 0.4) is 0 Å². The van der Waals surface area contributed by atoms with E-state index in [4.69, 9.17) is 5.11 Å². The van der Waals surface area contributed by atoms with Crippen molar-refractivity contribution in [3.8, 4) is 0 Å². The zero-order valence-electron chi connectivity index (χ0n) is 8.40. The first-order valence-electron chi connectivity index (χ1n) is 4.98. The molecule has 1 aliphatic carbocycles. The van der Waals surface area contributed by atoms with E-state index in [2.05, 4.69) is 0 Å². The molecule has 0 amide bonds. The number of hydrogen-bond acceptors (Lipinski definition) is 3. The fourth-order valence-electron chi connectivity index (χ4n) is 1.97. The molecule has 78 valence electrons. The van der Waals surface area contributed by atoms with Gasteiger partial charge in [0, 0.05) is 6.61 Å². The molecular formula is C10H20O3. The zero-order chi connectivity index (χ0) is 10.1. The van der Waals surface area contributed by atoms with Gasteiger partial charge in [0.2, 0.25) is 0 Å². The minimum absolute atomic E-state index is 0.166. The first-order chi connectivity index (χ1) is 5.97. The maximum atomic E-state index is 9.70. The number of aliphatic hydroxyl groups excluding tert-OH is 2. The molecule has 1 rings (SSSR count). The number of aliphatic hydroxyl groups is 3. The topological polar surface area (TPSA) is 60.7 Å². The molecular weight excluding hydrogens is 168 g/mol. The fraction of sp³-hybridized carbons (Fsp3) is 1.00. The van der Waals surface area contributed by atoms with Gasteiger partial charge < -0.3 is 15.3 Å². The molecule has 0 radical (unpaired) electrons. The Kier molecular flexibility index (Phi) is 3.33. The summed E-state index contributed by atoms with van der Waals surface area (Å²) in [6, 6.07) is 0. The Labute approximate surface area is 79.4 Å². The van der Waals surface area contributed by atoms with Gasteiger partial charge in [-0.05, 0) is 38.0 Å². The van der Waals surface area contributed by atoms with E-state index in [1.807, 2.05) is 6.92 Å². The molecule has 3 N–H and O–H groups in total. The highest BCUT2D eigenvalue weighted by molar-refractivity contribution is 4.90. The van der Waals surface area contributed by atoms with Crippen LogP contribution >= 0.6 is 0 Å². The van der Waals surface area contributed by atoms with Gasteiger partial charge in [0.05, 0.1) is 11.7 Å². The van der Waals surface area contributed by atoms with E-state index in [0.717, 1.165) is 6.42 Å². The molecule has 1 saturated carbocycles. The molecule has 3 nitrogen and oxygen atoms in total. The second-order valence-electron chi connectivity index (χ2n) is 4.57. The van der Waals surface area contributed by atoms with E-state index in [0.29, 0.717) is 18.8 Å². The van der Waals surface area contributed by atoms with Gasteiger partial charge in [-0.25, -0.2) is 0 Å². The molecule has 1 fully saturated rings. The highest BCUT2D eigenvalue weighted by Gasteiger charge is 2.38.